The zero-order valence-electron chi connectivity index (χ0n) is 11.2. The molecule has 1 aromatic heterocycles. The van der Waals surface area contributed by atoms with Crippen molar-refractivity contribution in [2.45, 2.75) is 20.9 Å². The summed E-state index contributed by atoms with van der Waals surface area (Å²) in [6.45, 7) is 1.87. The molecule has 2 aromatic rings. The van der Waals surface area contributed by atoms with Gasteiger partial charge in [0.1, 0.15) is 28.9 Å². The number of nitrogens with two attached hydrogens (primary N) is 1. The summed E-state index contributed by atoms with van der Waals surface area (Å²) in [5.74, 6) is -1.67. The topological polar surface area (TPSA) is 76.9 Å². The SMILES string of the molecule is C.CCOc1cc(F)c(Cn2cc(Cl)c(C(=N)N)n2)c(F)c1. The van der Waals surface area contributed by atoms with Crippen LogP contribution in [0.2, 0.25) is 5.02 Å². The number of ether oxygens (including phenoxy) is 1. The van der Waals surface area contributed by atoms with Crippen LogP contribution >= 0.6 is 11.6 Å². The van der Waals surface area contributed by atoms with E-state index in [2.05, 4.69) is 5.10 Å². The number of nitrogens with one attached hydrogen (secondary N) is 1. The molecule has 3 N–H and O–H groups in total. The van der Waals surface area contributed by atoms with Crippen LogP contribution in [0.15, 0.2) is 18.3 Å². The standard InChI is InChI=1S/C13H13ClF2N4O.CH4/c1-2-21-7-3-10(15)8(11(16)4-7)5-20-6-9(14)12(19-20)13(17)18;/h3-4,6H,2,5H2,1H3,(H3,17,18);1H4. The molecule has 1 heterocycles. The zero-order chi connectivity index (χ0) is 15.6. The van der Waals surface area contributed by atoms with E-state index in [0.29, 0.717) is 6.61 Å². The highest BCUT2D eigenvalue weighted by Crippen LogP contribution is 2.22. The second-order valence-electron chi connectivity index (χ2n) is 4.24. The molecule has 0 amide bonds. The summed E-state index contributed by atoms with van der Waals surface area (Å²) < 4.78 is 34.1. The molecule has 0 fully saturated rings. The van der Waals surface area contributed by atoms with E-state index in [9.17, 15) is 8.78 Å². The molecule has 120 valence electrons. The van der Waals surface area contributed by atoms with Gasteiger partial charge in [-0.2, -0.15) is 5.10 Å². The van der Waals surface area contributed by atoms with Crippen LogP contribution in [-0.4, -0.2) is 22.2 Å². The molecule has 0 aliphatic rings. The first-order valence-electron chi connectivity index (χ1n) is 6.10. The van der Waals surface area contributed by atoms with Gasteiger partial charge in [0.25, 0.3) is 0 Å². The van der Waals surface area contributed by atoms with Crippen molar-refractivity contribution in [1.82, 2.24) is 9.78 Å². The first kappa shape index (κ1) is 17.9. The Hall–Kier alpha value is -2.15. The summed E-state index contributed by atoms with van der Waals surface area (Å²) in [6.07, 6.45) is 1.35. The lowest BCUT2D eigenvalue weighted by atomic mass is 10.2. The van der Waals surface area contributed by atoms with Crippen LogP contribution in [0, 0.1) is 17.0 Å². The third-order valence-electron chi connectivity index (χ3n) is 2.72. The summed E-state index contributed by atoms with van der Waals surface area (Å²) in [5.41, 5.74) is 5.19. The van der Waals surface area contributed by atoms with E-state index in [1.165, 1.54) is 10.9 Å². The molecule has 0 bridgehead atoms. The molecular weight excluding hydrogens is 314 g/mol. The van der Waals surface area contributed by atoms with Crippen LogP contribution < -0.4 is 10.5 Å². The number of nitrogens with zero attached hydrogens (tertiary/aromatic N) is 2. The lowest BCUT2D eigenvalue weighted by molar-refractivity contribution is 0.335. The van der Waals surface area contributed by atoms with E-state index in [1.54, 1.807) is 6.92 Å². The monoisotopic (exact) mass is 330 g/mol. The molecule has 0 spiro atoms. The third-order valence-corrected chi connectivity index (χ3v) is 2.99. The Morgan fingerprint density at radius 1 is 1.41 bits per heavy atom. The Morgan fingerprint density at radius 3 is 2.45 bits per heavy atom. The molecule has 2 rings (SSSR count). The van der Waals surface area contributed by atoms with Gasteiger partial charge in [-0.25, -0.2) is 8.78 Å². The Labute approximate surface area is 132 Å². The summed E-state index contributed by atoms with van der Waals surface area (Å²) in [7, 11) is 0. The van der Waals surface area contributed by atoms with Crippen molar-refractivity contribution < 1.29 is 13.5 Å². The van der Waals surface area contributed by atoms with Crippen molar-refractivity contribution in [1.29, 1.82) is 5.41 Å². The minimum Gasteiger partial charge on any atom is -0.494 e. The van der Waals surface area contributed by atoms with Crippen LogP contribution in [0.1, 0.15) is 25.6 Å². The number of nitrogen functional groups attached to an aromatic ring is 1. The van der Waals surface area contributed by atoms with E-state index in [-0.39, 0.29) is 41.8 Å². The van der Waals surface area contributed by atoms with Crippen molar-refractivity contribution in [3.63, 3.8) is 0 Å². The highest BCUT2D eigenvalue weighted by atomic mass is 35.5. The number of halogens is 3. The highest BCUT2D eigenvalue weighted by molar-refractivity contribution is 6.33. The zero-order valence-corrected chi connectivity index (χ0v) is 11.9. The second kappa shape index (κ2) is 7.22. The number of benzene rings is 1. The summed E-state index contributed by atoms with van der Waals surface area (Å²) in [4.78, 5) is 0. The predicted molar refractivity (Wildman–Crippen MR) is 81.6 cm³/mol. The van der Waals surface area contributed by atoms with Gasteiger partial charge in [-0.3, -0.25) is 10.1 Å². The average molecular weight is 331 g/mol. The first-order valence-corrected chi connectivity index (χ1v) is 6.48. The molecule has 5 nitrogen and oxygen atoms in total. The molecule has 8 heteroatoms. The number of amidine groups is 1. The molecule has 0 unspecified atom stereocenters. The van der Waals surface area contributed by atoms with Crippen molar-refractivity contribution >= 4 is 17.4 Å². The first-order chi connectivity index (χ1) is 9.92. The van der Waals surface area contributed by atoms with Crippen molar-refractivity contribution in [2.75, 3.05) is 6.61 Å². The summed E-state index contributed by atoms with van der Waals surface area (Å²) >= 11 is 5.84. The van der Waals surface area contributed by atoms with Gasteiger partial charge in [-0.15, -0.1) is 0 Å². The molecule has 0 saturated carbocycles. The van der Waals surface area contributed by atoms with Gasteiger partial charge in [0, 0.05) is 23.9 Å². The van der Waals surface area contributed by atoms with Gasteiger partial charge in [0.05, 0.1) is 18.2 Å². The van der Waals surface area contributed by atoms with Gasteiger partial charge in [0.2, 0.25) is 0 Å². The Morgan fingerprint density at radius 2 is 2.00 bits per heavy atom. The number of aromatic nitrogens is 2. The van der Waals surface area contributed by atoms with Gasteiger partial charge in [-0.1, -0.05) is 19.0 Å². The fourth-order valence-corrected chi connectivity index (χ4v) is 2.06. The molecule has 0 saturated heterocycles. The number of hydrogen-bond donors (Lipinski definition) is 2. The van der Waals surface area contributed by atoms with Crippen molar-refractivity contribution in [2.24, 2.45) is 5.73 Å². The Bertz CT molecular complexity index is 664. The lowest BCUT2D eigenvalue weighted by Gasteiger charge is -2.09. The summed E-state index contributed by atoms with van der Waals surface area (Å²) in [6, 6.07) is 2.22. The van der Waals surface area contributed by atoms with E-state index in [1.807, 2.05) is 0 Å². The minimum absolute atomic E-state index is 0. The van der Waals surface area contributed by atoms with Gasteiger partial charge in [0.15, 0.2) is 0 Å². The Kier molecular flexibility index (Phi) is 5.87. The second-order valence-corrected chi connectivity index (χ2v) is 4.64. The molecule has 1 aromatic carbocycles. The summed E-state index contributed by atoms with van der Waals surface area (Å²) in [5, 5.41) is 11.3. The van der Waals surface area contributed by atoms with E-state index in [0.717, 1.165) is 12.1 Å². The van der Waals surface area contributed by atoms with Crippen molar-refractivity contribution in [3.8, 4) is 5.75 Å². The van der Waals surface area contributed by atoms with Crippen LogP contribution in [0.5, 0.6) is 5.75 Å². The van der Waals surface area contributed by atoms with Gasteiger partial charge >= 0.3 is 0 Å². The number of rotatable bonds is 5. The third kappa shape index (κ3) is 3.73. The Balaban J connectivity index is 0.00000242. The molecular formula is C14H17ClF2N4O. The molecule has 0 aliphatic carbocycles. The van der Waals surface area contributed by atoms with Crippen LogP contribution in [0.4, 0.5) is 8.78 Å². The van der Waals surface area contributed by atoms with Crippen LogP contribution in [0.25, 0.3) is 0 Å². The van der Waals surface area contributed by atoms with E-state index >= 15 is 0 Å². The van der Waals surface area contributed by atoms with Crippen LogP contribution in [0.3, 0.4) is 0 Å². The van der Waals surface area contributed by atoms with Crippen molar-refractivity contribution in [3.05, 3.63) is 46.2 Å². The smallest absolute Gasteiger partial charge is 0.145 e. The van der Waals surface area contributed by atoms with E-state index < -0.39 is 11.6 Å². The van der Waals surface area contributed by atoms with E-state index in [4.69, 9.17) is 27.5 Å². The maximum absolute atomic E-state index is 13.9. The van der Waals surface area contributed by atoms with Crippen LogP contribution in [-0.2, 0) is 6.54 Å². The lowest BCUT2D eigenvalue weighted by Crippen LogP contribution is -2.13. The fraction of sp³-hybridized carbons (Fsp3) is 0.286. The molecule has 0 atom stereocenters. The minimum atomic E-state index is -0.741. The normalized spacial score (nSPS) is 10.2. The highest BCUT2D eigenvalue weighted by Gasteiger charge is 2.15. The molecule has 22 heavy (non-hydrogen) atoms. The van der Waals surface area contributed by atoms with Gasteiger partial charge < -0.3 is 10.5 Å². The quantitative estimate of drug-likeness (QED) is 0.653. The molecule has 0 radical (unpaired) electrons. The fourth-order valence-electron chi connectivity index (χ4n) is 1.80. The maximum atomic E-state index is 13.9. The number of hydrogen-bond acceptors (Lipinski definition) is 3. The van der Waals surface area contributed by atoms with Gasteiger partial charge in [-0.05, 0) is 6.92 Å². The average Bonchev–Trinajstić information content (AvgIpc) is 2.75. The molecule has 0 aliphatic heterocycles. The maximum Gasteiger partial charge on any atom is 0.145 e. The predicted octanol–water partition coefficient (Wildman–Crippen LogP) is 3.18. The largest absolute Gasteiger partial charge is 0.494 e.